The molecule has 1 aliphatic heterocycles. The normalized spacial score (nSPS) is 24.9. The molecular formula is C14H19NO. The molecule has 1 N–H and O–H groups in total. The van der Waals surface area contributed by atoms with E-state index in [9.17, 15) is 0 Å². The van der Waals surface area contributed by atoms with Crippen molar-refractivity contribution in [3.8, 4) is 5.75 Å². The van der Waals surface area contributed by atoms with Crippen LogP contribution in [0.4, 0.5) is 0 Å². The highest BCUT2D eigenvalue weighted by atomic mass is 16.5. The summed E-state index contributed by atoms with van der Waals surface area (Å²) in [5.74, 6) is 2.53. The molecule has 2 atom stereocenters. The second-order valence-corrected chi connectivity index (χ2v) is 4.88. The third kappa shape index (κ3) is 1.71. The van der Waals surface area contributed by atoms with Crippen molar-refractivity contribution >= 4 is 0 Å². The van der Waals surface area contributed by atoms with Gasteiger partial charge in [-0.05, 0) is 31.4 Å². The van der Waals surface area contributed by atoms with Crippen molar-refractivity contribution < 1.29 is 4.74 Å². The summed E-state index contributed by atoms with van der Waals surface area (Å²) in [5.41, 5.74) is 1.40. The van der Waals surface area contributed by atoms with Crippen molar-refractivity contribution in [1.82, 2.24) is 5.32 Å². The number of benzene rings is 1. The summed E-state index contributed by atoms with van der Waals surface area (Å²) < 4.78 is 5.78. The van der Waals surface area contributed by atoms with E-state index in [-0.39, 0.29) is 0 Å². The van der Waals surface area contributed by atoms with E-state index in [4.69, 9.17) is 4.74 Å². The number of hydrogen-bond acceptors (Lipinski definition) is 2. The van der Waals surface area contributed by atoms with Crippen molar-refractivity contribution in [3.05, 3.63) is 29.8 Å². The SMILES string of the molecule is CCNC(C1CC1)C1COc2ccccc21. The fourth-order valence-corrected chi connectivity index (χ4v) is 2.81. The number of ether oxygens (including phenoxy) is 1. The maximum atomic E-state index is 5.78. The van der Waals surface area contributed by atoms with Crippen LogP contribution in [0.25, 0.3) is 0 Å². The Morgan fingerprint density at radius 2 is 2.19 bits per heavy atom. The fourth-order valence-electron chi connectivity index (χ4n) is 2.81. The second kappa shape index (κ2) is 4.10. The molecule has 0 amide bonds. The lowest BCUT2D eigenvalue weighted by atomic mass is 9.90. The van der Waals surface area contributed by atoms with Gasteiger partial charge in [0.05, 0.1) is 6.61 Å². The van der Waals surface area contributed by atoms with E-state index >= 15 is 0 Å². The number of rotatable bonds is 4. The molecule has 0 radical (unpaired) electrons. The monoisotopic (exact) mass is 217 g/mol. The maximum Gasteiger partial charge on any atom is 0.122 e. The van der Waals surface area contributed by atoms with Crippen LogP contribution in [0.1, 0.15) is 31.2 Å². The van der Waals surface area contributed by atoms with E-state index in [0.717, 1.165) is 24.8 Å². The second-order valence-electron chi connectivity index (χ2n) is 4.88. The molecule has 1 aromatic carbocycles. The van der Waals surface area contributed by atoms with Crippen LogP contribution in [0.2, 0.25) is 0 Å². The summed E-state index contributed by atoms with van der Waals surface area (Å²) in [5, 5.41) is 3.65. The molecule has 1 heterocycles. The molecule has 2 aliphatic rings. The Morgan fingerprint density at radius 3 is 2.94 bits per heavy atom. The predicted molar refractivity (Wildman–Crippen MR) is 64.9 cm³/mol. The molecule has 16 heavy (non-hydrogen) atoms. The Morgan fingerprint density at radius 1 is 1.38 bits per heavy atom. The largest absolute Gasteiger partial charge is 0.493 e. The maximum absolute atomic E-state index is 5.78. The van der Waals surface area contributed by atoms with Crippen LogP contribution >= 0.6 is 0 Å². The average Bonchev–Trinajstić information content (AvgIpc) is 3.06. The summed E-state index contributed by atoms with van der Waals surface area (Å²) in [6.07, 6.45) is 2.77. The van der Waals surface area contributed by atoms with E-state index in [0.29, 0.717) is 12.0 Å². The van der Waals surface area contributed by atoms with Crippen LogP contribution in [0.3, 0.4) is 0 Å². The molecule has 1 saturated carbocycles. The lowest BCUT2D eigenvalue weighted by Gasteiger charge is -2.23. The van der Waals surface area contributed by atoms with Crippen molar-refractivity contribution in [1.29, 1.82) is 0 Å². The van der Waals surface area contributed by atoms with Gasteiger partial charge < -0.3 is 10.1 Å². The number of fused-ring (bicyclic) bond motifs is 1. The number of para-hydroxylation sites is 1. The predicted octanol–water partition coefficient (Wildman–Crippen LogP) is 2.55. The third-order valence-electron chi connectivity index (χ3n) is 3.74. The first kappa shape index (κ1) is 10.2. The first-order valence-corrected chi connectivity index (χ1v) is 6.35. The van der Waals surface area contributed by atoms with Gasteiger partial charge in [0.25, 0.3) is 0 Å². The van der Waals surface area contributed by atoms with Crippen molar-refractivity contribution in [2.24, 2.45) is 5.92 Å². The highest BCUT2D eigenvalue weighted by Crippen LogP contribution is 2.43. The van der Waals surface area contributed by atoms with Gasteiger partial charge in [0.15, 0.2) is 0 Å². The average molecular weight is 217 g/mol. The molecule has 2 unspecified atom stereocenters. The zero-order chi connectivity index (χ0) is 11.0. The summed E-state index contributed by atoms with van der Waals surface area (Å²) in [6, 6.07) is 9.11. The minimum atomic E-state index is 0.559. The van der Waals surface area contributed by atoms with Gasteiger partial charge in [-0.1, -0.05) is 25.1 Å². The van der Waals surface area contributed by atoms with Gasteiger partial charge in [-0.15, -0.1) is 0 Å². The first-order valence-electron chi connectivity index (χ1n) is 6.35. The summed E-state index contributed by atoms with van der Waals surface area (Å²) >= 11 is 0. The van der Waals surface area contributed by atoms with Gasteiger partial charge in [0, 0.05) is 17.5 Å². The topological polar surface area (TPSA) is 21.3 Å². The molecule has 0 aromatic heterocycles. The van der Waals surface area contributed by atoms with Crippen LogP contribution in [0.5, 0.6) is 5.75 Å². The molecule has 1 aromatic rings. The molecule has 86 valence electrons. The van der Waals surface area contributed by atoms with Crippen molar-refractivity contribution in [3.63, 3.8) is 0 Å². The van der Waals surface area contributed by atoms with E-state index in [1.165, 1.54) is 18.4 Å². The van der Waals surface area contributed by atoms with Gasteiger partial charge in [-0.25, -0.2) is 0 Å². The van der Waals surface area contributed by atoms with Crippen LogP contribution in [-0.2, 0) is 0 Å². The fraction of sp³-hybridized carbons (Fsp3) is 0.571. The van der Waals surface area contributed by atoms with E-state index < -0.39 is 0 Å². The van der Waals surface area contributed by atoms with E-state index in [1.54, 1.807) is 0 Å². The standard InChI is InChI=1S/C14H19NO/c1-2-15-14(10-7-8-10)12-9-16-13-6-4-3-5-11(12)13/h3-6,10,12,14-15H,2,7-9H2,1H3. The van der Waals surface area contributed by atoms with Crippen LogP contribution in [-0.4, -0.2) is 19.2 Å². The molecule has 2 heteroatoms. The highest BCUT2D eigenvalue weighted by molar-refractivity contribution is 5.40. The lowest BCUT2D eigenvalue weighted by molar-refractivity contribution is 0.287. The Kier molecular flexibility index (Phi) is 2.60. The van der Waals surface area contributed by atoms with Gasteiger partial charge in [-0.3, -0.25) is 0 Å². The summed E-state index contributed by atoms with van der Waals surface area (Å²) in [4.78, 5) is 0. The number of hydrogen-bond donors (Lipinski definition) is 1. The molecule has 0 spiro atoms. The molecular weight excluding hydrogens is 198 g/mol. The number of nitrogens with one attached hydrogen (secondary N) is 1. The van der Waals surface area contributed by atoms with Gasteiger partial charge in [0.1, 0.15) is 5.75 Å². The smallest absolute Gasteiger partial charge is 0.122 e. The Bertz CT molecular complexity index is 373. The van der Waals surface area contributed by atoms with Gasteiger partial charge >= 0.3 is 0 Å². The van der Waals surface area contributed by atoms with Gasteiger partial charge in [-0.2, -0.15) is 0 Å². The van der Waals surface area contributed by atoms with Crippen LogP contribution in [0.15, 0.2) is 24.3 Å². The minimum Gasteiger partial charge on any atom is -0.493 e. The summed E-state index contributed by atoms with van der Waals surface area (Å²) in [7, 11) is 0. The van der Waals surface area contributed by atoms with E-state index in [1.807, 2.05) is 0 Å². The molecule has 0 bridgehead atoms. The summed E-state index contributed by atoms with van der Waals surface area (Å²) in [6.45, 7) is 4.10. The quantitative estimate of drug-likeness (QED) is 0.837. The van der Waals surface area contributed by atoms with Crippen LogP contribution in [0, 0.1) is 5.92 Å². The zero-order valence-electron chi connectivity index (χ0n) is 9.78. The van der Waals surface area contributed by atoms with Crippen molar-refractivity contribution in [2.75, 3.05) is 13.2 Å². The van der Waals surface area contributed by atoms with E-state index in [2.05, 4.69) is 36.5 Å². The molecule has 0 saturated heterocycles. The van der Waals surface area contributed by atoms with Gasteiger partial charge in [0.2, 0.25) is 0 Å². The minimum absolute atomic E-state index is 0.559. The Balaban J connectivity index is 1.84. The Labute approximate surface area is 97.0 Å². The number of likely N-dealkylation sites (N-methyl/N-ethyl adjacent to an activating group) is 1. The van der Waals surface area contributed by atoms with Crippen LogP contribution < -0.4 is 10.1 Å². The zero-order valence-corrected chi connectivity index (χ0v) is 9.78. The third-order valence-corrected chi connectivity index (χ3v) is 3.74. The molecule has 1 fully saturated rings. The first-order chi connectivity index (χ1) is 7.90. The lowest BCUT2D eigenvalue weighted by Crippen LogP contribution is -2.37. The highest BCUT2D eigenvalue weighted by Gasteiger charge is 2.40. The van der Waals surface area contributed by atoms with Crippen molar-refractivity contribution in [2.45, 2.75) is 31.7 Å². The molecule has 3 rings (SSSR count). The Hall–Kier alpha value is -1.02. The molecule has 2 nitrogen and oxygen atoms in total. The molecule has 1 aliphatic carbocycles.